The normalized spacial score (nSPS) is 21.1. The fourth-order valence-electron chi connectivity index (χ4n) is 4.45. The molecule has 2 unspecified atom stereocenters. The van der Waals surface area contributed by atoms with Crippen molar-refractivity contribution in [2.75, 3.05) is 5.32 Å². The zero-order valence-corrected chi connectivity index (χ0v) is 17.0. The van der Waals surface area contributed by atoms with Crippen LogP contribution in [0.3, 0.4) is 0 Å². The van der Waals surface area contributed by atoms with E-state index in [2.05, 4.69) is 50.7 Å². The molecule has 1 aromatic heterocycles. The van der Waals surface area contributed by atoms with E-state index in [1.54, 1.807) is 0 Å². The second-order valence-electron chi connectivity index (χ2n) is 7.46. The van der Waals surface area contributed by atoms with Crippen LogP contribution in [0, 0.1) is 6.92 Å². The van der Waals surface area contributed by atoms with Crippen LogP contribution in [0.5, 0.6) is 0 Å². The number of carbonyl (C=O) groups excluding carboxylic acids is 1. The summed E-state index contributed by atoms with van der Waals surface area (Å²) in [5, 5.41) is 7.55. The number of ketones is 1. The Bertz CT molecular complexity index is 1100. The number of nitrogens with one attached hydrogen (secondary N) is 1. The van der Waals surface area contributed by atoms with Crippen LogP contribution in [0.1, 0.15) is 47.1 Å². The Morgan fingerprint density at radius 3 is 2.64 bits per heavy atom. The fraction of sp³-hybridized carbons (Fsp3) is 0.217. The smallest absolute Gasteiger partial charge is 0.233 e. The Kier molecular flexibility index (Phi) is 4.20. The number of anilines is 1. The van der Waals surface area contributed by atoms with E-state index in [4.69, 9.17) is 4.52 Å². The molecule has 0 fully saturated rings. The van der Waals surface area contributed by atoms with Crippen LogP contribution >= 0.6 is 15.9 Å². The van der Waals surface area contributed by atoms with Crippen LogP contribution in [0.4, 0.5) is 5.88 Å². The van der Waals surface area contributed by atoms with Gasteiger partial charge in [0.15, 0.2) is 5.78 Å². The highest BCUT2D eigenvalue weighted by molar-refractivity contribution is 9.10. The lowest BCUT2D eigenvalue weighted by molar-refractivity contribution is -0.116. The minimum atomic E-state index is -0.153. The van der Waals surface area contributed by atoms with Crippen molar-refractivity contribution < 1.29 is 9.32 Å². The second kappa shape index (κ2) is 6.74. The van der Waals surface area contributed by atoms with Crippen molar-refractivity contribution in [1.29, 1.82) is 0 Å². The van der Waals surface area contributed by atoms with Crippen molar-refractivity contribution in [3.63, 3.8) is 0 Å². The number of nitrogens with zero attached hydrogens (tertiary/aromatic N) is 1. The zero-order chi connectivity index (χ0) is 19.3. The molecule has 1 aliphatic heterocycles. The van der Waals surface area contributed by atoms with E-state index in [0.29, 0.717) is 12.3 Å². The summed E-state index contributed by atoms with van der Waals surface area (Å²) < 4.78 is 6.57. The molecule has 0 radical (unpaired) electrons. The van der Waals surface area contributed by atoms with E-state index < -0.39 is 0 Å². The zero-order valence-electron chi connectivity index (χ0n) is 15.4. The molecule has 0 bridgehead atoms. The summed E-state index contributed by atoms with van der Waals surface area (Å²) in [6.45, 7) is 1.93. The summed E-state index contributed by atoms with van der Waals surface area (Å²) >= 11 is 3.57. The molecule has 140 valence electrons. The highest BCUT2D eigenvalue weighted by Crippen LogP contribution is 2.49. The largest absolute Gasteiger partial charge is 0.338 e. The van der Waals surface area contributed by atoms with Crippen LogP contribution in [0.2, 0.25) is 0 Å². The predicted octanol–water partition coefficient (Wildman–Crippen LogP) is 5.70. The number of fused-ring (bicyclic) bond motifs is 1. The molecule has 0 saturated carbocycles. The number of hydrogen-bond acceptors (Lipinski definition) is 4. The minimum Gasteiger partial charge on any atom is -0.338 e. The maximum Gasteiger partial charge on any atom is 0.233 e. The summed E-state index contributed by atoms with van der Waals surface area (Å²) in [6.07, 6.45) is 1.31. The van der Waals surface area contributed by atoms with Gasteiger partial charge in [-0.25, -0.2) is 0 Å². The van der Waals surface area contributed by atoms with E-state index in [1.165, 1.54) is 5.56 Å². The topological polar surface area (TPSA) is 55.1 Å². The monoisotopic (exact) mass is 434 g/mol. The third-order valence-corrected chi connectivity index (χ3v) is 6.20. The molecule has 1 N–H and O–H groups in total. The van der Waals surface area contributed by atoms with Gasteiger partial charge in [0.25, 0.3) is 0 Å². The van der Waals surface area contributed by atoms with Gasteiger partial charge in [-0.2, -0.15) is 0 Å². The molecule has 4 nitrogen and oxygen atoms in total. The van der Waals surface area contributed by atoms with Gasteiger partial charge in [0.2, 0.25) is 5.88 Å². The van der Waals surface area contributed by atoms with Crippen molar-refractivity contribution in [2.24, 2.45) is 0 Å². The van der Waals surface area contributed by atoms with Crippen molar-refractivity contribution in [3.8, 4) is 0 Å². The lowest BCUT2D eigenvalue weighted by atomic mass is 9.72. The maximum absolute atomic E-state index is 13.4. The number of aryl methyl sites for hydroxylation is 1. The van der Waals surface area contributed by atoms with Gasteiger partial charge in [-0.05, 0) is 42.5 Å². The first-order valence-corrected chi connectivity index (χ1v) is 10.2. The summed E-state index contributed by atoms with van der Waals surface area (Å²) in [5.74, 6) is 0.870. The highest BCUT2D eigenvalue weighted by Gasteiger charge is 2.41. The van der Waals surface area contributed by atoms with Crippen LogP contribution in [-0.4, -0.2) is 10.9 Å². The molecule has 28 heavy (non-hydrogen) atoms. The Morgan fingerprint density at radius 1 is 1.07 bits per heavy atom. The number of carbonyl (C=O) groups is 1. The maximum atomic E-state index is 13.4. The van der Waals surface area contributed by atoms with Crippen molar-refractivity contribution in [2.45, 2.75) is 31.6 Å². The van der Waals surface area contributed by atoms with Crippen LogP contribution in [0.25, 0.3) is 0 Å². The summed E-state index contributed by atoms with van der Waals surface area (Å²) in [7, 11) is 0. The average Bonchev–Trinajstić information content (AvgIpc) is 3.07. The number of halogens is 1. The van der Waals surface area contributed by atoms with E-state index in [1.807, 2.05) is 37.3 Å². The molecule has 3 aromatic rings. The number of Topliss-reactive ketones (excluding diaryl/α,β-unsaturated/α-hetero) is 1. The molecule has 5 heteroatoms. The minimum absolute atomic E-state index is 0.153. The summed E-state index contributed by atoms with van der Waals surface area (Å²) in [5.41, 5.74) is 5.85. The molecule has 2 aromatic carbocycles. The number of allylic oxidation sites excluding steroid dienone is 2. The lowest BCUT2D eigenvalue weighted by Gasteiger charge is -2.34. The van der Waals surface area contributed by atoms with Gasteiger partial charge in [-0.3, -0.25) is 4.79 Å². The van der Waals surface area contributed by atoms with Crippen molar-refractivity contribution in [3.05, 3.63) is 92.7 Å². The highest BCUT2D eigenvalue weighted by atomic mass is 79.9. The van der Waals surface area contributed by atoms with Gasteiger partial charge in [0.1, 0.15) is 0 Å². The summed E-state index contributed by atoms with van der Waals surface area (Å²) in [6, 6.07) is 18.4. The van der Waals surface area contributed by atoms with Gasteiger partial charge in [-0.15, -0.1) is 0 Å². The standard InChI is InChI=1S/C23H19BrN2O2/c1-13-20-21(15-8-5-9-17(24)10-15)22-18(25-23(20)28-26-13)11-16(12-19(22)27)14-6-3-2-4-7-14/h2-10,16,21,25H,11-12H2,1H3. The predicted molar refractivity (Wildman–Crippen MR) is 111 cm³/mol. The van der Waals surface area contributed by atoms with Gasteiger partial charge in [-0.1, -0.05) is 63.6 Å². The molecule has 2 heterocycles. The van der Waals surface area contributed by atoms with Gasteiger partial charge < -0.3 is 9.84 Å². The molecule has 2 aliphatic rings. The van der Waals surface area contributed by atoms with Crippen molar-refractivity contribution >= 4 is 27.6 Å². The van der Waals surface area contributed by atoms with Crippen molar-refractivity contribution in [1.82, 2.24) is 5.16 Å². The van der Waals surface area contributed by atoms with E-state index >= 15 is 0 Å². The second-order valence-corrected chi connectivity index (χ2v) is 8.37. The SMILES string of the molecule is Cc1noc2c1C(c1cccc(Br)c1)C1=C(CC(c3ccccc3)CC1=O)N2. The summed E-state index contributed by atoms with van der Waals surface area (Å²) in [4.78, 5) is 13.4. The third kappa shape index (κ3) is 2.81. The van der Waals surface area contributed by atoms with E-state index in [9.17, 15) is 4.79 Å². The van der Waals surface area contributed by atoms with E-state index in [-0.39, 0.29) is 17.6 Å². The Balaban J connectivity index is 1.64. The van der Waals surface area contributed by atoms with Crippen LogP contribution < -0.4 is 5.32 Å². The Labute approximate surface area is 171 Å². The quantitative estimate of drug-likeness (QED) is 0.561. The number of benzene rings is 2. The fourth-order valence-corrected chi connectivity index (χ4v) is 4.87. The van der Waals surface area contributed by atoms with Crippen LogP contribution in [0.15, 0.2) is 74.9 Å². The number of rotatable bonds is 2. The third-order valence-electron chi connectivity index (χ3n) is 5.71. The molecule has 2 atom stereocenters. The first kappa shape index (κ1) is 17.4. The van der Waals surface area contributed by atoms with E-state index in [0.717, 1.165) is 39.0 Å². The number of aromatic nitrogens is 1. The Hall–Kier alpha value is -2.66. The average molecular weight is 435 g/mol. The van der Waals surface area contributed by atoms with Crippen LogP contribution in [-0.2, 0) is 4.79 Å². The number of hydrogen-bond donors (Lipinski definition) is 1. The molecule has 1 aliphatic carbocycles. The van der Waals surface area contributed by atoms with Gasteiger partial charge in [0, 0.05) is 28.1 Å². The molecular formula is C23H19BrN2O2. The molecule has 0 saturated heterocycles. The molecule has 0 spiro atoms. The van der Waals surface area contributed by atoms with Gasteiger partial charge >= 0.3 is 0 Å². The molecule has 0 amide bonds. The lowest BCUT2D eigenvalue weighted by Crippen LogP contribution is -2.29. The van der Waals surface area contributed by atoms with Gasteiger partial charge in [0.05, 0.1) is 11.3 Å². The Morgan fingerprint density at radius 2 is 1.86 bits per heavy atom. The molecule has 5 rings (SSSR count). The first-order valence-electron chi connectivity index (χ1n) is 9.41. The first-order chi connectivity index (χ1) is 13.6. The molecular weight excluding hydrogens is 416 g/mol.